The van der Waals surface area contributed by atoms with E-state index < -0.39 is 0 Å². The number of likely N-dealkylation sites (tertiary alicyclic amines) is 1. The molecule has 0 aliphatic carbocycles. The third-order valence-corrected chi connectivity index (χ3v) is 6.20. The van der Waals surface area contributed by atoms with Gasteiger partial charge in [-0.25, -0.2) is 4.98 Å². The van der Waals surface area contributed by atoms with E-state index in [9.17, 15) is 9.59 Å². The molecule has 30 heavy (non-hydrogen) atoms. The first-order valence-electron chi connectivity index (χ1n) is 10.2. The van der Waals surface area contributed by atoms with Gasteiger partial charge in [-0.3, -0.25) is 9.59 Å². The number of rotatable bonds is 5. The second-order valence-electron chi connectivity index (χ2n) is 7.42. The smallest absolute Gasteiger partial charge is 0.273 e. The van der Waals surface area contributed by atoms with Crippen LogP contribution in [0.25, 0.3) is 0 Å². The molecular formula is C21H26N4O4S. The van der Waals surface area contributed by atoms with Crippen molar-refractivity contribution in [2.24, 2.45) is 5.92 Å². The van der Waals surface area contributed by atoms with Gasteiger partial charge in [0.25, 0.3) is 5.91 Å². The molecule has 2 saturated heterocycles. The van der Waals surface area contributed by atoms with Crippen LogP contribution in [0.1, 0.15) is 23.3 Å². The van der Waals surface area contributed by atoms with E-state index in [0.717, 1.165) is 24.3 Å². The maximum atomic E-state index is 13.0. The molecule has 2 amide bonds. The van der Waals surface area contributed by atoms with Gasteiger partial charge in [0.05, 0.1) is 26.2 Å². The molecule has 2 fully saturated rings. The van der Waals surface area contributed by atoms with Crippen molar-refractivity contribution in [3.8, 4) is 5.75 Å². The highest BCUT2D eigenvalue weighted by molar-refractivity contribution is 7.14. The lowest BCUT2D eigenvalue weighted by Gasteiger charge is -2.36. The van der Waals surface area contributed by atoms with Crippen molar-refractivity contribution in [3.05, 3.63) is 35.3 Å². The molecule has 1 atom stereocenters. The predicted molar refractivity (Wildman–Crippen MR) is 114 cm³/mol. The average molecular weight is 431 g/mol. The van der Waals surface area contributed by atoms with Gasteiger partial charge in [-0.2, -0.15) is 0 Å². The number of hydrogen-bond donors (Lipinski definition) is 1. The van der Waals surface area contributed by atoms with Gasteiger partial charge in [-0.05, 0) is 37.1 Å². The van der Waals surface area contributed by atoms with Crippen molar-refractivity contribution in [2.75, 3.05) is 51.8 Å². The number of benzene rings is 1. The Labute approximate surface area is 179 Å². The number of methoxy groups -OCH3 is 1. The molecule has 0 unspecified atom stereocenters. The van der Waals surface area contributed by atoms with E-state index in [1.54, 1.807) is 17.4 Å². The van der Waals surface area contributed by atoms with E-state index >= 15 is 0 Å². The third-order valence-electron chi connectivity index (χ3n) is 5.45. The Bertz CT molecular complexity index is 879. The highest BCUT2D eigenvalue weighted by Gasteiger charge is 2.32. The molecule has 0 radical (unpaired) electrons. The van der Waals surface area contributed by atoms with Gasteiger partial charge < -0.3 is 24.6 Å². The minimum Gasteiger partial charge on any atom is -0.497 e. The molecule has 2 aromatic rings. The van der Waals surface area contributed by atoms with Crippen molar-refractivity contribution in [1.82, 2.24) is 14.8 Å². The Hall–Kier alpha value is -2.65. The highest BCUT2D eigenvalue weighted by atomic mass is 32.1. The number of amides is 2. The highest BCUT2D eigenvalue weighted by Crippen LogP contribution is 2.25. The van der Waals surface area contributed by atoms with Crippen LogP contribution in [-0.2, 0) is 9.53 Å². The van der Waals surface area contributed by atoms with Gasteiger partial charge in [0.1, 0.15) is 11.4 Å². The maximum Gasteiger partial charge on any atom is 0.273 e. The van der Waals surface area contributed by atoms with Crippen molar-refractivity contribution in [3.63, 3.8) is 0 Å². The minimum atomic E-state index is -0.142. The molecule has 8 nitrogen and oxygen atoms in total. The quantitative estimate of drug-likeness (QED) is 0.785. The van der Waals surface area contributed by atoms with Crippen LogP contribution >= 0.6 is 11.3 Å². The third kappa shape index (κ3) is 4.73. The van der Waals surface area contributed by atoms with Crippen LogP contribution < -0.4 is 10.1 Å². The summed E-state index contributed by atoms with van der Waals surface area (Å²) in [6, 6.07) is 7.52. The molecule has 1 N–H and O–H groups in total. The minimum absolute atomic E-state index is 0.117. The Balaban J connectivity index is 1.37. The summed E-state index contributed by atoms with van der Waals surface area (Å²) >= 11 is 1.39. The number of carbonyl (C=O) groups excluding carboxylic acids is 2. The molecule has 0 saturated carbocycles. The SMILES string of the molecule is COc1ccc(Nc2nc(C(=O)N3CCC[C@H](C(=O)N4CCOCC4)C3)cs2)cc1. The molecule has 3 heterocycles. The molecule has 4 rings (SSSR count). The van der Waals surface area contributed by atoms with Crippen LogP contribution in [0, 0.1) is 5.92 Å². The lowest BCUT2D eigenvalue weighted by Crippen LogP contribution is -2.49. The van der Waals surface area contributed by atoms with Crippen LogP contribution in [0.3, 0.4) is 0 Å². The van der Waals surface area contributed by atoms with Gasteiger partial charge >= 0.3 is 0 Å². The molecular weight excluding hydrogens is 404 g/mol. The Kier molecular flexibility index (Phi) is 6.49. The van der Waals surface area contributed by atoms with Crippen molar-refractivity contribution < 1.29 is 19.1 Å². The summed E-state index contributed by atoms with van der Waals surface area (Å²) in [6.07, 6.45) is 1.65. The number of aromatic nitrogens is 1. The molecule has 0 bridgehead atoms. The molecule has 160 valence electrons. The van der Waals surface area contributed by atoms with Crippen LogP contribution in [0.2, 0.25) is 0 Å². The normalized spacial score (nSPS) is 19.4. The zero-order valence-electron chi connectivity index (χ0n) is 17.0. The van der Waals surface area contributed by atoms with Crippen molar-refractivity contribution >= 4 is 34.0 Å². The largest absolute Gasteiger partial charge is 0.497 e. The van der Waals surface area contributed by atoms with Gasteiger partial charge in [0.2, 0.25) is 5.91 Å². The fourth-order valence-electron chi connectivity index (χ4n) is 3.79. The van der Waals surface area contributed by atoms with E-state index in [1.165, 1.54) is 11.3 Å². The van der Waals surface area contributed by atoms with E-state index in [-0.39, 0.29) is 17.7 Å². The number of ether oxygens (including phenoxy) is 2. The summed E-state index contributed by atoms with van der Waals surface area (Å²) < 4.78 is 10.5. The van der Waals surface area contributed by atoms with Gasteiger partial charge in [-0.15, -0.1) is 11.3 Å². The first kappa shape index (κ1) is 20.6. The van der Waals surface area contributed by atoms with Crippen LogP contribution in [0.4, 0.5) is 10.8 Å². The Morgan fingerprint density at radius 1 is 1.17 bits per heavy atom. The summed E-state index contributed by atoms with van der Waals surface area (Å²) in [6.45, 7) is 3.55. The first-order chi connectivity index (χ1) is 14.6. The van der Waals surface area contributed by atoms with Crippen molar-refractivity contribution in [2.45, 2.75) is 12.8 Å². The monoisotopic (exact) mass is 430 g/mol. The summed E-state index contributed by atoms with van der Waals surface area (Å²) in [5.41, 5.74) is 1.29. The molecule has 2 aliphatic heterocycles. The van der Waals surface area contributed by atoms with Crippen LogP contribution in [0.5, 0.6) is 5.75 Å². The number of nitrogens with one attached hydrogen (secondary N) is 1. The molecule has 9 heteroatoms. The molecule has 1 aromatic carbocycles. The summed E-state index contributed by atoms with van der Waals surface area (Å²) in [7, 11) is 1.63. The topological polar surface area (TPSA) is 84.0 Å². The second-order valence-corrected chi connectivity index (χ2v) is 8.28. The number of nitrogens with zero attached hydrogens (tertiary/aromatic N) is 3. The molecule has 1 aromatic heterocycles. The summed E-state index contributed by atoms with van der Waals surface area (Å²) in [5, 5.41) is 5.63. The van der Waals surface area contributed by atoms with E-state index in [4.69, 9.17) is 9.47 Å². The van der Waals surface area contributed by atoms with E-state index in [2.05, 4.69) is 10.3 Å². The number of morpholine rings is 1. The van der Waals surface area contributed by atoms with Gasteiger partial charge in [-0.1, -0.05) is 0 Å². The molecule has 2 aliphatic rings. The standard InChI is InChI=1S/C21H26N4O4S/c1-28-17-6-4-16(5-7-17)22-21-23-18(14-30-21)20(27)25-8-2-3-15(13-25)19(26)24-9-11-29-12-10-24/h4-7,14-15H,2-3,8-13H2,1H3,(H,22,23)/t15-/m0/s1. The number of hydrogen-bond acceptors (Lipinski definition) is 7. The zero-order chi connectivity index (χ0) is 20.9. The fourth-order valence-corrected chi connectivity index (χ4v) is 4.50. The van der Waals surface area contributed by atoms with Gasteiger partial charge in [0.15, 0.2) is 5.13 Å². The number of thiazole rings is 1. The predicted octanol–water partition coefficient (Wildman–Crippen LogP) is 2.61. The van der Waals surface area contributed by atoms with Gasteiger partial charge in [0, 0.05) is 37.2 Å². The molecule has 0 spiro atoms. The van der Waals surface area contributed by atoms with Crippen LogP contribution in [-0.4, -0.2) is 73.1 Å². The average Bonchev–Trinajstić information content (AvgIpc) is 3.27. The van der Waals surface area contributed by atoms with E-state index in [1.807, 2.05) is 29.2 Å². The first-order valence-corrected chi connectivity index (χ1v) is 11.0. The number of anilines is 2. The van der Waals surface area contributed by atoms with E-state index in [0.29, 0.717) is 50.2 Å². The van der Waals surface area contributed by atoms with Crippen LogP contribution in [0.15, 0.2) is 29.6 Å². The zero-order valence-corrected chi connectivity index (χ0v) is 17.8. The lowest BCUT2D eigenvalue weighted by atomic mass is 9.96. The second kappa shape index (κ2) is 9.44. The summed E-state index contributed by atoms with van der Waals surface area (Å²) in [5.74, 6) is 0.655. The lowest BCUT2D eigenvalue weighted by molar-refractivity contribution is -0.141. The number of carbonyl (C=O) groups is 2. The maximum absolute atomic E-state index is 13.0. The fraction of sp³-hybridized carbons (Fsp3) is 0.476. The number of piperidine rings is 1. The van der Waals surface area contributed by atoms with Crippen molar-refractivity contribution in [1.29, 1.82) is 0 Å². The Morgan fingerprint density at radius 3 is 2.67 bits per heavy atom. The summed E-state index contributed by atoms with van der Waals surface area (Å²) in [4.78, 5) is 33.9. The Morgan fingerprint density at radius 2 is 1.93 bits per heavy atom.